The molecule has 0 bridgehead atoms. The molecule has 0 aliphatic rings. The molecule has 0 aliphatic carbocycles. The van der Waals surface area contributed by atoms with Crippen molar-refractivity contribution in [2.75, 3.05) is 0 Å². The first-order valence-corrected chi connectivity index (χ1v) is 10.9. The monoisotopic (exact) mass is 402 g/mol. The van der Waals surface area contributed by atoms with Gasteiger partial charge in [0.1, 0.15) is 12.2 Å². The fraction of sp³-hybridized carbons (Fsp3) is 0.0833. The van der Waals surface area contributed by atoms with Crippen molar-refractivity contribution in [3.8, 4) is 0 Å². The molecule has 28 heavy (non-hydrogen) atoms. The van der Waals surface area contributed by atoms with Gasteiger partial charge < -0.3 is 10.2 Å². The summed E-state index contributed by atoms with van der Waals surface area (Å²) >= 11 is 3.26. The first-order chi connectivity index (χ1) is 13.7. The van der Waals surface area contributed by atoms with Crippen molar-refractivity contribution in [2.24, 2.45) is 0 Å². The van der Waals surface area contributed by atoms with Crippen LogP contribution in [0.4, 0.5) is 0 Å². The van der Waals surface area contributed by atoms with Gasteiger partial charge in [0, 0.05) is 20.5 Å². The quantitative estimate of drug-likeness (QED) is 0.371. The summed E-state index contributed by atoms with van der Waals surface area (Å²) < 4.78 is 2.30. The molecule has 5 rings (SSSR count). The zero-order valence-electron chi connectivity index (χ0n) is 14.9. The van der Waals surface area contributed by atoms with E-state index in [4.69, 9.17) is 0 Å². The summed E-state index contributed by atoms with van der Waals surface area (Å²) in [6.07, 6.45) is -1.57. The molecule has 0 fully saturated rings. The highest BCUT2D eigenvalue weighted by molar-refractivity contribution is 7.17. The van der Waals surface area contributed by atoms with Gasteiger partial charge in [-0.2, -0.15) is 0 Å². The summed E-state index contributed by atoms with van der Waals surface area (Å²) in [7, 11) is 0. The van der Waals surface area contributed by atoms with Gasteiger partial charge in [-0.05, 0) is 44.8 Å². The predicted molar refractivity (Wildman–Crippen MR) is 118 cm³/mol. The van der Waals surface area contributed by atoms with Crippen LogP contribution in [0.1, 0.15) is 34.5 Å². The van der Waals surface area contributed by atoms with Crippen LogP contribution < -0.4 is 0 Å². The predicted octanol–water partition coefficient (Wildman–Crippen LogP) is 6.28. The van der Waals surface area contributed by atoms with E-state index in [0.29, 0.717) is 0 Å². The first-order valence-electron chi connectivity index (χ1n) is 9.11. The van der Waals surface area contributed by atoms with Crippen LogP contribution in [0, 0.1) is 0 Å². The minimum Gasteiger partial charge on any atom is -0.384 e. The second kappa shape index (κ2) is 7.15. The second-order valence-electron chi connectivity index (χ2n) is 6.81. The highest BCUT2D eigenvalue weighted by atomic mass is 32.1. The lowest BCUT2D eigenvalue weighted by atomic mass is 9.91. The molecule has 0 amide bonds. The highest BCUT2D eigenvalue weighted by Crippen LogP contribution is 2.39. The highest BCUT2D eigenvalue weighted by Gasteiger charge is 2.23. The molecule has 3 aromatic carbocycles. The fourth-order valence-corrected chi connectivity index (χ4v) is 5.72. The molecule has 2 atom stereocenters. The van der Waals surface area contributed by atoms with Gasteiger partial charge >= 0.3 is 0 Å². The van der Waals surface area contributed by atoms with Crippen molar-refractivity contribution in [3.63, 3.8) is 0 Å². The average Bonchev–Trinajstić information content (AvgIpc) is 3.37. The number of rotatable bonds is 4. The maximum atomic E-state index is 11.2. The van der Waals surface area contributed by atoms with Gasteiger partial charge in [-0.3, -0.25) is 0 Å². The van der Waals surface area contributed by atoms with Crippen molar-refractivity contribution >= 4 is 42.8 Å². The maximum Gasteiger partial charge on any atom is 0.106 e. The minimum atomic E-state index is -0.785. The summed E-state index contributed by atoms with van der Waals surface area (Å²) in [4.78, 5) is 0. The molecular formula is C24H18O2S2. The standard InChI is InChI=1S/C24H18O2S2/c25-23(19-13-27-21-11-5-3-7-15(19)21)17-9-1-2-10-18(17)24(26)20-14-28-22-12-6-4-8-16(20)22/h1-14,23-26H. The Balaban J connectivity index is 1.61. The Labute approximate surface area is 171 Å². The van der Waals surface area contributed by atoms with E-state index in [1.165, 1.54) is 0 Å². The lowest BCUT2D eigenvalue weighted by Crippen LogP contribution is -2.08. The SMILES string of the molecule is OC(c1ccccc1C(O)c1csc2ccccc12)c1csc2ccccc12. The number of aliphatic hydroxyl groups is 2. The number of fused-ring (bicyclic) bond motifs is 2. The molecule has 2 nitrogen and oxygen atoms in total. The Kier molecular flexibility index (Phi) is 4.49. The van der Waals surface area contributed by atoms with Crippen molar-refractivity contribution in [1.82, 2.24) is 0 Å². The third-order valence-corrected chi connectivity index (χ3v) is 7.16. The summed E-state index contributed by atoms with van der Waals surface area (Å²) in [5.41, 5.74) is 3.26. The van der Waals surface area contributed by atoms with Crippen LogP contribution in [0.25, 0.3) is 20.2 Å². The summed E-state index contributed by atoms with van der Waals surface area (Å²) in [6, 6.07) is 23.8. The Morgan fingerprint density at radius 2 is 0.893 bits per heavy atom. The van der Waals surface area contributed by atoms with Crippen molar-refractivity contribution in [1.29, 1.82) is 0 Å². The summed E-state index contributed by atoms with van der Waals surface area (Å²) in [5.74, 6) is 0. The zero-order valence-corrected chi connectivity index (χ0v) is 16.6. The van der Waals surface area contributed by atoms with E-state index in [0.717, 1.165) is 42.4 Å². The largest absolute Gasteiger partial charge is 0.384 e. The molecule has 0 radical (unpaired) electrons. The molecular weight excluding hydrogens is 384 g/mol. The molecule has 138 valence electrons. The number of aliphatic hydroxyl groups excluding tert-OH is 2. The molecule has 2 heterocycles. The van der Waals surface area contributed by atoms with E-state index >= 15 is 0 Å². The Bertz CT molecular complexity index is 1170. The van der Waals surface area contributed by atoms with Crippen LogP contribution in [0.2, 0.25) is 0 Å². The van der Waals surface area contributed by atoms with Crippen molar-refractivity contribution in [3.05, 3.63) is 106 Å². The van der Waals surface area contributed by atoms with Crippen LogP contribution in [-0.2, 0) is 0 Å². The van der Waals surface area contributed by atoms with Crippen LogP contribution in [-0.4, -0.2) is 10.2 Å². The smallest absolute Gasteiger partial charge is 0.106 e. The molecule has 5 aromatic rings. The van der Waals surface area contributed by atoms with Gasteiger partial charge in [0.05, 0.1) is 0 Å². The molecule has 2 unspecified atom stereocenters. The Hall–Kier alpha value is -2.50. The van der Waals surface area contributed by atoms with Gasteiger partial charge in [-0.1, -0.05) is 60.7 Å². The molecule has 0 aliphatic heterocycles. The Morgan fingerprint density at radius 3 is 1.36 bits per heavy atom. The summed E-state index contributed by atoms with van der Waals surface area (Å²) in [5, 5.41) is 28.6. The van der Waals surface area contributed by atoms with Crippen LogP contribution in [0.5, 0.6) is 0 Å². The molecule has 2 N–H and O–H groups in total. The van der Waals surface area contributed by atoms with Crippen molar-refractivity contribution < 1.29 is 10.2 Å². The minimum absolute atomic E-state index is 0.744. The average molecular weight is 403 g/mol. The molecule has 0 saturated heterocycles. The van der Waals surface area contributed by atoms with E-state index in [1.54, 1.807) is 22.7 Å². The van der Waals surface area contributed by atoms with E-state index in [1.807, 2.05) is 71.4 Å². The zero-order chi connectivity index (χ0) is 19.1. The van der Waals surface area contributed by atoms with E-state index in [-0.39, 0.29) is 0 Å². The van der Waals surface area contributed by atoms with Gasteiger partial charge in [-0.25, -0.2) is 0 Å². The van der Waals surface area contributed by atoms with Gasteiger partial charge in [0.25, 0.3) is 0 Å². The first kappa shape index (κ1) is 17.6. The van der Waals surface area contributed by atoms with Gasteiger partial charge in [0.2, 0.25) is 0 Å². The lowest BCUT2D eigenvalue weighted by molar-refractivity contribution is 0.199. The van der Waals surface area contributed by atoms with E-state index < -0.39 is 12.2 Å². The molecule has 0 saturated carbocycles. The number of hydrogen-bond acceptors (Lipinski definition) is 4. The third kappa shape index (κ3) is 2.86. The second-order valence-corrected chi connectivity index (χ2v) is 8.63. The van der Waals surface area contributed by atoms with Crippen LogP contribution >= 0.6 is 22.7 Å². The van der Waals surface area contributed by atoms with Crippen LogP contribution in [0.15, 0.2) is 83.6 Å². The van der Waals surface area contributed by atoms with Crippen LogP contribution in [0.3, 0.4) is 0 Å². The number of hydrogen-bond donors (Lipinski definition) is 2. The van der Waals surface area contributed by atoms with Gasteiger partial charge in [0.15, 0.2) is 0 Å². The van der Waals surface area contributed by atoms with Crippen molar-refractivity contribution in [2.45, 2.75) is 12.2 Å². The summed E-state index contributed by atoms with van der Waals surface area (Å²) in [6.45, 7) is 0. The molecule has 2 aromatic heterocycles. The topological polar surface area (TPSA) is 40.5 Å². The fourth-order valence-electron chi connectivity index (χ4n) is 3.76. The molecule has 4 heteroatoms. The number of benzene rings is 3. The molecule has 0 spiro atoms. The lowest BCUT2D eigenvalue weighted by Gasteiger charge is -2.19. The maximum absolute atomic E-state index is 11.2. The number of thiophene rings is 2. The van der Waals surface area contributed by atoms with Gasteiger partial charge in [-0.15, -0.1) is 22.7 Å². The van der Waals surface area contributed by atoms with E-state index in [9.17, 15) is 10.2 Å². The van der Waals surface area contributed by atoms with E-state index in [2.05, 4.69) is 12.1 Å². The Morgan fingerprint density at radius 1 is 0.500 bits per heavy atom. The normalized spacial score (nSPS) is 13.8. The third-order valence-electron chi connectivity index (χ3n) is 5.20.